The third-order valence-corrected chi connectivity index (χ3v) is 5.46. The number of aromatic nitrogens is 4. The Morgan fingerprint density at radius 2 is 2.04 bits per heavy atom. The summed E-state index contributed by atoms with van der Waals surface area (Å²) in [4.78, 5) is 15.1. The molecule has 3 heterocycles. The number of aromatic amines is 1. The minimum atomic E-state index is -3.34. The van der Waals surface area contributed by atoms with Crippen molar-refractivity contribution >= 4 is 27.0 Å². The van der Waals surface area contributed by atoms with Crippen molar-refractivity contribution in [1.29, 1.82) is 0 Å². The maximum atomic E-state index is 12.5. The zero-order valence-corrected chi connectivity index (χ0v) is 13.9. The van der Waals surface area contributed by atoms with Crippen molar-refractivity contribution in [2.75, 3.05) is 30.7 Å². The first-order valence-corrected chi connectivity index (χ1v) is 9.08. The molecular weight excluding hydrogens is 320 g/mol. The fourth-order valence-corrected chi connectivity index (χ4v) is 4.18. The lowest BCUT2D eigenvalue weighted by atomic mass is 10.3. The molecule has 0 bridgehead atoms. The van der Waals surface area contributed by atoms with E-state index in [-0.39, 0.29) is 24.5 Å². The molecule has 2 aromatic rings. The van der Waals surface area contributed by atoms with Gasteiger partial charge in [-0.1, -0.05) is 0 Å². The highest BCUT2D eigenvalue weighted by molar-refractivity contribution is 7.89. The van der Waals surface area contributed by atoms with E-state index >= 15 is 0 Å². The quantitative estimate of drug-likeness (QED) is 0.799. The number of imidazole rings is 1. The number of hydrogen-bond acceptors (Lipinski definition) is 7. The first-order valence-electron chi connectivity index (χ1n) is 7.47. The largest absolute Gasteiger partial charge is 0.373 e. The van der Waals surface area contributed by atoms with Crippen LogP contribution in [-0.4, -0.2) is 70.3 Å². The summed E-state index contributed by atoms with van der Waals surface area (Å²) in [5.41, 5.74) is 1.21. The summed E-state index contributed by atoms with van der Waals surface area (Å²) >= 11 is 0. The van der Waals surface area contributed by atoms with Gasteiger partial charge in [0.15, 0.2) is 11.5 Å². The molecule has 126 valence electrons. The number of nitrogens with zero attached hydrogens (tertiary/aromatic N) is 4. The predicted octanol–water partition coefficient (Wildman–Crippen LogP) is 0.204. The predicted molar refractivity (Wildman–Crippen MR) is 85.5 cm³/mol. The zero-order chi connectivity index (χ0) is 16.4. The summed E-state index contributed by atoms with van der Waals surface area (Å²) in [5, 5.41) is 3.03. The van der Waals surface area contributed by atoms with Gasteiger partial charge in [0.1, 0.15) is 11.8 Å². The summed E-state index contributed by atoms with van der Waals surface area (Å²) in [5.74, 6) is 0.540. The number of anilines is 1. The lowest BCUT2D eigenvalue weighted by Gasteiger charge is -2.34. The highest BCUT2D eigenvalue weighted by atomic mass is 32.2. The molecule has 2 aromatic heterocycles. The Labute approximate surface area is 134 Å². The minimum Gasteiger partial charge on any atom is -0.373 e. The fraction of sp³-hybridized carbons (Fsp3) is 0.615. The molecule has 0 amide bonds. The number of rotatable bonds is 5. The minimum absolute atomic E-state index is 0.00786. The number of H-pyrrole nitrogens is 1. The zero-order valence-electron chi connectivity index (χ0n) is 13.1. The molecule has 0 spiro atoms. The third-order valence-electron chi connectivity index (χ3n) is 3.65. The molecular formula is C13H20N6O3S. The summed E-state index contributed by atoms with van der Waals surface area (Å²) in [7, 11) is -3.34. The van der Waals surface area contributed by atoms with Gasteiger partial charge in [0.2, 0.25) is 10.0 Å². The van der Waals surface area contributed by atoms with Gasteiger partial charge < -0.3 is 15.0 Å². The van der Waals surface area contributed by atoms with Crippen LogP contribution in [0.2, 0.25) is 0 Å². The van der Waals surface area contributed by atoms with Crippen LogP contribution in [-0.2, 0) is 14.8 Å². The lowest BCUT2D eigenvalue weighted by molar-refractivity contribution is -0.0440. The van der Waals surface area contributed by atoms with E-state index in [9.17, 15) is 8.42 Å². The van der Waals surface area contributed by atoms with Gasteiger partial charge in [-0.2, -0.15) is 4.31 Å². The normalized spacial score (nSPS) is 23.2. The molecule has 0 saturated carbocycles. The molecule has 0 aliphatic carbocycles. The Balaban J connectivity index is 1.62. The summed E-state index contributed by atoms with van der Waals surface area (Å²) in [6.45, 7) is 4.81. The molecule has 1 aliphatic rings. The smallest absolute Gasteiger partial charge is 0.216 e. The molecule has 1 saturated heterocycles. The van der Waals surface area contributed by atoms with E-state index in [0.717, 1.165) is 0 Å². The number of fused-ring (bicyclic) bond motifs is 1. The van der Waals surface area contributed by atoms with E-state index in [1.54, 1.807) is 0 Å². The summed E-state index contributed by atoms with van der Waals surface area (Å²) in [6, 6.07) is 0. The molecule has 2 N–H and O–H groups in total. The molecule has 2 atom stereocenters. The van der Waals surface area contributed by atoms with E-state index in [4.69, 9.17) is 4.74 Å². The monoisotopic (exact) mass is 340 g/mol. The molecule has 1 aliphatic heterocycles. The van der Waals surface area contributed by atoms with Crippen molar-refractivity contribution in [2.45, 2.75) is 26.1 Å². The van der Waals surface area contributed by atoms with Crippen molar-refractivity contribution in [3.63, 3.8) is 0 Å². The Hall–Kier alpha value is -1.78. The van der Waals surface area contributed by atoms with Gasteiger partial charge in [0.05, 0.1) is 24.3 Å². The van der Waals surface area contributed by atoms with Gasteiger partial charge in [-0.05, 0) is 13.8 Å². The Morgan fingerprint density at radius 1 is 1.30 bits per heavy atom. The van der Waals surface area contributed by atoms with E-state index in [2.05, 4.69) is 25.3 Å². The maximum Gasteiger partial charge on any atom is 0.216 e. The fourth-order valence-electron chi connectivity index (χ4n) is 2.68. The Kier molecular flexibility index (Phi) is 4.46. The molecule has 0 unspecified atom stereocenters. The van der Waals surface area contributed by atoms with Crippen LogP contribution in [0.5, 0.6) is 0 Å². The average molecular weight is 340 g/mol. The van der Waals surface area contributed by atoms with E-state index < -0.39 is 10.0 Å². The van der Waals surface area contributed by atoms with Crippen LogP contribution >= 0.6 is 0 Å². The van der Waals surface area contributed by atoms with Crippen LogP contribution in [0, 0.1) is 0 Å². The van der Waals surface area contributed by atoms with Crippen molar-refractivity contribution in [3.05, 3.63) is 12.7 Å². The molecule has 9 nitrogen and oxygen atoms in total. The highest BCUT2D eigenvalue weighted by Crippen LogP contribution is 2.16. The van der Waals surface area contributed by atoms with Gasteiger partial charge in [-0.15, -0.1) is 0 Å². The second-order valence-corrected chi connectivity index (χ2v) is 7.73. The number of nitrogens with one attached hydrogen (secondary N) is 2. The van der Waals surface area contributed by atoms with E-state index in [1.165, 1.54) is 17.0 Å². The lowest BCUT2D eigenvalue weighted by Crippen LogP contribution is -2.49. The van der Waals surface area contributed by atoms with E-state index in [0.29, 0.717) is 30.1 Å². The highest BCUT2D eigenvalue weighted by Gasteiger charge is 2.30. The number of ether oxygens (including phenoxy) is 1. The third kappa shape index (κ3) is 3.59. The number of sulfonamides is 1. The van der Waals surface area contributed by atoms with Crippen molar-refractivity contribution in [1.82, 2.24) is 24.2 Å². The van der Waals surface area contributed by atoms with Gasteiger partial charge >= 0.3 is 0 Å². The molecule has 3 rings (SSSR count). The van der Waals surface area contributed by atoms with Crippen molar-refractivity contribution in [3.8, 4) is 0 Å². The van der Waals surface area contributed by atoms with Crippen LogP contribution < -0.4 is 5.32 Å². The van der Waals surface area contributed by atoms with E-state index in [1.807, 2.05) is 13.8 Å². The molecule has 23 heavy (non-hydrogen) atoms. The first-order chi connectivity index (χ1) is 11.0. The van der Waals surface area contributed by atoms with Gasteiger partial charge in [-0.3, -0.25) is 0 Å². The van der Waals surface area contributed by atoms with Gasteiger partial charge in [0, 0.05) is 19.6 Å². The number of morpholine rings is 1. The second kappa shape index (κ2) is 6.38. The van der Waals surface area contributed by atoms with Crippen LogP contribution in [0.4, 0.5) is 5.82 Å². The standard InChI is InChI=1S/C13H20N6O3S/c1-9-5-19(6-10(2)22-9)23(20,21)4-3-14-12-11-13(16-7-15-11)18-8-17-12/h7-10H,3-6H2,1-2H3,(H2,14,15,16,17,18)/t9-,10-/m1/s1. The van der Waals surface area contributed by atoms with Crippen LogP contribution in [0.1, 0.15) is 13.8 Å². The Morgan fingerprint density at radius 3 is 2.78 bits per heavy atom. The van der Waals surface area contributed by atoms with Crippen LogP contribution in [0.15, 0.2) is 12.7 Å². The molecule has 0 aromatic carbocycles. The van der Waals surface area contributed by atoms with Crippen LogP contribution in [0.25, 0.3) is 11.2 Å². The Bertz CT molecular complexity index is 767. The van der Waals surface area contributed by atoms with Gasteiger partial charge in [0.25, 0.3) is 0 Å². The molecule has 10 heteroatoms. The topological polar surface area (TPSA) is 113 Å². The van der Waals surface area contributed by atoms with Crippen LogP contribution in [0.3, 0.4) is 0 Å². The summed E-state index contributed by atoms with van der Waals surface area (Å²) < 4.78 is 32.0. The molecule has 0 radical (unpaired) electrons. The first kappa shape index (κ1) is 16.1. The number of hydrogen-bond donors (Lipinski definition) is 2. The van der Waals surface area contributed by atoms with Gasteiger partial charge in [-0.25, -0.2) is 23.4 Å². The maximum absolute atomic E-state index is 12.5. The average Bonchev–Trinajstić information content (AvgIpc) is 2.95. The van der Waals surface area contributed by atoms with Crippen molar-refractivity contribution < 1.29 is 13.2 Å². The second-order valence-electron chi connectivity index (χ2n) is 5.64. The SMILES string of the molecule is C[C@@H]1CN(S(=O)(=O)CCNc2ncnc3nc[nH]c23)C[C@@H](C)O1. The summed E-state index contributed by atoms with van der Waals surface area (Å²) in [6.07, 6.45) is 2.74. The van der Waals surface area contributed by atoms with Crippen molar-refractivity contribution in [2.24, 2.45) is 0 Å². The molecule has 1 fully saturated rings.